The molecule has 0 bridgehead atoms. The summed E-state index contributed by atoms with van der Waals surface area (Å²) in [6.45, 7) is 4.13. The molecule has 1 atom stereocenters. The first kappa shape index (κ1) is 13.5. The van der Waals surface area contributed by atoms with Crippen molar-refractivity contribution in [2.45, 2.75) is 26.4 Å². The van der Waals surface area contributed by atoms with E-state index in [1.165, 1.54) is 18.2 Å². The van der Waals surface area contributed by atoms with Crippen LogP contribution in [0, 0.1) is 13.8 Å². The topological polar surface area (TPSA) is 55.2 Å². The lowest BCUT2D eigenvalue weighted by molar-refractivity contribution is 0.167. The van der Waals surface area contributed by atoms with Crippen molar-refractivity contribution in [2.75, 3.05) is 7.11 Å². The Hall–Kier alpha value is -1.94. The quantitative estimate of drug-likeness (QED) is 0.914. The molecule has 0 saturated carbocycles. The number of ether oxygens (including phenoxy) is 1. The minimum absolute atomic E-state index is 0.374. The number of rotatable bonds is 4. The van der Waals surface area contributed by atoms with Crippen LogP contribution in [0.4, 0.5) is 0 Å². The van der Waals surface area contributed by atoms with Gasteiger partial charge in [0.25, 0.3) is 0 Å². The van der Waals surface area contributed by atoms with E-state index < -0.39 is 6.10 Å². The molecule has 0 radical (unpaired) electrons. The van der Waals surface area contributed by atoms with E-state index in [1.807, 2.05) is 6.07 Å². The molecule has 2 aromatic rings. The predicted octanol–water partition coefficient (Wildman–Crippen LogP) is 2.38. The zero-order valence-electron chi connectivity index (χ0n) is 11.4. The third kappa shape index (κ3) is 3.09. The van der Waals surface area contributed by atoms with Crippen LogP contribution in [0.5, 0.6) is 5.88 Å². The first-order valence-corrected chi connectivity index (χ1v) is 6.21. The number of hydrogen-bond donors (Lipinski definition) is 1. The third-order valence-corrected chi connectivity index (χ3v) is 3.20. The number of aliphatic hydroxyl groups is 1. The fourth-order valence-corrected chi connectivity index (χ4v) is 1.97. The minimum Gasteiger partial charge on any atom is -0.480 e. The molecular weight excluding hydrogens is 240 g/mol. The van der Waals surface area contributed by atoms with E-state index in [2.05, 4.69) is 35.9 Å². The lowest BCUT2D eigenvalue weighted by Gasteiger charge is -2.13. The van der Waals surface area contributed by atoms with Crippen molar-refractivity contribution >= 4 is 0 Å². The average Bonchev–Trinajstić information content (AvgIpc) is 2.43. The van der Waals surface area contributed by atoms with Crippen LogP contribution in [-0.2, 0) is 6.42 Å². The molecular formula is C15H18N2O2. The van der Waals surface area contributed by atoms with Gasteiger partial charge in [-0.2, -0.15) is 0 Å². The van der Waals surface area contributed by atoms with Gasteiger partial charge in [-0.15, -0.1) is 0 Å². The highest BCUT2D eigenvalue weighted by Crippen LogP contribution is 2.23. The third-order valence-electron chi connectivity index (χ3n) is 3.20. The standard InChI is InChI=1S/C15H18N2O2/c1-10-4-5-12(8-11(10)2)9-13(18)14-15(19-3)17-7-6-16-14/h4-8,13,18H,9H2,1-3H3. The number of aryl methyl sites for hydroxylation is 2. The van der Waals surface area contributed by atoms with Crippen LogP contribution in [0.3, 0.4) is 0 Å². The van der Waals surface area contributed by atoms with Crippen molar-refractivity contribution in [1.82, 2.24) is 9.97 Å². The van der Waals surface area contributed by atoms with Gasteiger partial charge in [0.1, 0.15) is 11.8 Å². The Morgan fingerprint density at radius 1 is 1.16 bits per heavy atom. The lowest BCUT2D eigenvalue weighted by Crippen LogP contribution is -2.07. The molecule has 0 aliphatic heterocycles. The highest BCUT2D eigenvalue weighted by atomic mass is 16.5. The van der Waals surface area contributed by atoms with Crippen molar-refractivity contribution in [3.63, 3.8) is 0 Å². The monoisotopic (exact) mass is 258 g/mol. The summed E-state index contributed by atoms with van der Waals surface area (Å²) in [6, 6.07) is 6.17. The van der Waals surface area contributed by atoms with Gasteiger partial charge in [-0.25, -0.2) is 4.98 Å². The molecule has 0 spiro atoms. The largest absolute Gasteiger partial charge is 0.480 e. The van der Waals surface area contributed by atoms with Gasteiger partial charge in [0, 0.05) is 18.8 Å². The lowest BCUT2D eigenvalue weighted by atomic mass is 10.0. The molecule has 19 heavy (non-hydrogen) atoms. The van der Waals surface area contributed by atoms with Gasteiger partial charge in [0.15, 0.2) is 0 Å². The molecule has 2 rings (SSSR count). The Labute approximate surface area is 113 Å². The van der Waals surface area contributed by atoms with Crippen molar-refractivity contribution in [2.24, 2.45) is 0 Å². The van der Waals surface area contributed by atoms with Crippen LogP contribution >= 0.6 is 0 Å². The van der Waals surface area contributed by atoms with Crippen LogP contribution in [0.15, 0.2) is 30.6 Å². The first-order chi connectivity index (χ1) is 9.11. The van der Waals surface area contributed by atoms with Gasteiger partial charge in [0.2, 0.25) is 5.88 Å². The van der Waals surface area contributed by atoms with Crippen molar-refractivity contribution in [3.8, 4) is 5.88 Å². The molecule has 0 amide bonds. The molecule has 0 saturated heterocycles. The van der Waals surface area contributed by atoms with E-state index in [0.29, 0.717) is 18.0 Å². The molecule has 1 N–H and O–H groups in total. The summed E-state index contributed by atoms with van der Waals surface area (Å²) in [7, 11) is 1.52. The molecule has 4 nitrogen and oxygen atoms in total. The molecule has 4 heteroatoms. The Bertz CT molecular complexity index is 570. The molecule has 0 aliphatic carbocycles. The van der Waals surface area contributed by atoms with Crippen LogP contribution in [0.1, 0.15) is 28.5 Å². The minimum atomic E-state index is -0.717. The van der Waals surface area contributed by atoms with Gasteiger partial charge in [-0.3, -0.25) is 4.98 Å². The van der Waals surface area contributed by atoms with Gasteiger partial charge < -0.3 is 9.84 Å². The van der Waals surface area contributed by atoms with Gasteiger partial charge in [-0.1, -0.05) is 18.2 Å². The predicted molar refractivity (Wildman–Crippen MR) is 73.2 cm³/mol. The van der Waals surface area contributed by atoms with Crippen LogP contribution < -0.4 is 4.74 Å². The van der Waals surface area contributed by atoms with Crippen LogP contribution in [0.25, 0.3) is 0 Å². The number of benzene rings is 1. The Morgan fingerprint density at radius 3 is 2.58 bits per heavy atom. The SMILES string of the molecule is COc1nccnc1C(O)Cc1ccc(C)c(C)c1. The molecule has 1 aromatic heterocycles. The number of aliphatic hydroxyl groups excluding tert-OH is 1. The highest BCUT2D eigenvalue weighted by Gasteiger charge is 2.16. The molecule has 0 fully saturated rings. The summed E-state index contributed by atoms with van der Waals surface area (Å²) in [4.78, 5) is 8.19. The van der Waals surface area contributed by atoms with E-state index in [4.69, 9.17) is 4.74 Å². The molecule has 100 valence electrons. The average molecular weight is 258 g/mol. The molecule has 1 unspecified atom stereocenters. The normalized spacial score (nSPS) is 12.2. The van der Waals surface area contributed by atoms with E-state index in [-0.39, 0.29) is 0 Å². The summed E-state index contributed by atoms with van der Waals surface area (Å²) in [5.41, 5.74) is 4.01. The van der Waals surface area contributed by atoms with Crippen molar-refractivity contribution in [3.05, 3.63) is 53.0 Å². The number of nitrogens with zero attached hydrogens (tertiary/aromatic N) is 2. The smallest absolute Gasteiger partial charge is 0.238 e. The maximum Gasteiger partial charge on any atom is 0.238 e. The first-order valence-electron chi connectivity index (χ1n) is 6.21. The fourth-order valence-electron chi connectivity index (χ4n) is 1.97. The van der Waals surface area contributed by atoms with E-state index in [9.17, 15) is 5.11 Å². The maximum absolute atomic E-state index is 10.3. The fraction of sp³-hybridized carbons (Fsp3) is 0.333. The van der Waals surface area contributed by atoms with E-state index in [1.54, 1.807) is 12.4 Å². The summed E-state index contributed by atoms with van der Waals surface area (Å²) in [6.07, 6.45) is 2.88. The van der Waals surface area contributed by atoms with Crippen molar-refractivity contribution < 1.29 is 9.84 Å². The second-order valence-electron chi connectivity index (χ2n) is 4.59. The summed E-state index contributed by atoms with van der Waals surface area (Å²) >= 11 is 0. The second-order valence-corrected chi connectivity index (χ2v) is 4.59. The zero-order chi connectivity index (χ0) is 13.8. The highest BCUT2D eigenvalue weighted by molar-refractivity contribution is 5.31. The summed E-state index contributed by atoms with van der Waals surface area (Å²) < 4.78 is 5.11. The molecule has 1 heterocycles. The maximum atomic E-state index is 10.3. The number of aromatic nitrogens is 2. The van der Waals surface area contributed by atoms with E-state index in [0.717, 1.165) is 5.56 Å². The van der Waals surface area contributed by atoms with Crippen LogP contribution in [0.2, 0.25) is 0 Å². The van der Waals surface area contributed by atoms with Gasteiger partial charge >= 0.3 is 0 Å². The Balaban J connectivity index is 2.20. The number of hydrogen-bond acceptors (Lipinski definition) is 4. The van der Waals surface area contributed by atoms with E-state index >= 15 is 0 Å². The molecule has 1 aromatic carbocycles. The Kier molecular flexibility index (Phi) is 4.12. The zero-order valence-corrected chi connectivity index (χ0v) is 11.4. The molecule has 0 aliphatic rings. The van der Waals surface area contributed by atoms with Gasteiger partial charge in [-0.05, 0) is 30.5 Å². The second kappa shape index (κ2) is 5.80. The summed E-state index contributed by atoms with van der Waals surface area (Å²) in [5, 5.41) is 10.3. The van der Waals surface area contributed by atoms with Crippen molar-refractivity contribution in [1.29, 1.82) is 0 Å². The van der Waals surface area contributed by atoms with Gasteiger partial charge in [0.05, 0.1) is 7.11 Å². The summed E-state index contributed by atoms with van der Waals surface area (Å²) in [5.74, 6) is 0.374. The number of methoxy groups -OCH3 is 1. The van der Waals surface area contributed by atoms with Crippen LogP contribution in [-0.4, -0.2) is 22.2 Å². The Morgan fingerprint density at radius 2 is 1.89 bits per heavy atom.